The number of carbonyl (C=O) groups excluding carboxylic acids is 1. The number of fused-ring (bicyclic) bond motifs is 1. The summed E-state index contributed by atoms with van der Waals surface area (Å²) in [5, 5.41) is 1.89. The van der Waals surface area contributed by atoms with Gasteiger partial charge in [0.25, 0.3) is 0 Å². The van der Waals surface area contributed by atoms with Crippen LogP contribution in [0.25, 0.3) is 10.8 Å². The van der Waals surface area contributed by atoms with Crippen molar-refractivity contribution in [1.29, 1.82) is 0 Å². The van der Waals surface area contributed by atoms with E-state index in [-0.39, 0.29) is 16.2 Å². The van der Waals surface area contributed by atoms with Crippen LogP contribution in [0.15, 0.2) is 41.3 Å². The summed E-state index contributed by atoms with van der Waals surface area (Å²) in [5.41, 5.74) is 6.18. The summed E-state index contributed by atoms with van der Waals surface area (Å²) < 4.78 is 26.3. The number of rotatable bonds is 6. The predicted octanol–water partition coefficient (Wildman–Crippen LogP) is 1.95. The fourth-order valence-electron chi connectivity index (χ4n) is 2.96. The quantitative estimate of drug-likeness (QED) is 0.847. The van der Waals surface area contributed by atoms with Crippen molar-refractivity contribution in [2.24, 2.45) is 11.1 Å². The third kappa shape index (κ3) is 2.96. The maximum atomic E-state index is 12.0. The zero-order chi connectivity index (χ0) is 16.7. The lowest BCUT2D eigenvalue weighted by Gasteiger charge is -2.13. The van der Waals surface area contributed by atoms with Crippen molar-refractivity contribution in [3.8, 4) is 0 Å². The number of nitrogens with two attached hydrogens (primary N) is 1. The van der Waals surface area contributed by atoms with E-state index < -0.39 is 10.0 Å². The largest absolute Gasteiger partial charge is 0.369 e. The molecule has 3 N–H and O–H groups in total. The minimum atomic E-state index is -3.47. The van der Waals surface area contributed by atoms with Gasteiger partial charge in [-0.2, -0.15) is 0 Å². The SMILES string of the molecule is CNS(=O)(=O)c1ccc2cccc(CCC3(C(N)=O)CC3)c2c1. The third-order valence-corrected chi connectivity index (χ3v) is 6.18. The number of hydrogen-bond acceptors (Lipinski definition) is 3. The second-order valence-corrected chi connectivity index (χ2v) is 8.04. The number of sulfonamides is 1. The lowest BCUT2D eigenvalue weighted by molar-refractivity contribution is -0.123. The van der Waals surface area contributed by atoms with Crippen molar-refractivity contribution in [2.45, 2.75) is 30.6 Å². The van der Waals surface area contributed by atoms with E-state index in [2.05, 4.69) is 4.72 Å². The van der Waals surface area contributed by atoms with E-state index in [1.54, 1.807) is 12.1 Å². The summed E-state index contributed by atoms with van der Waals surface area (Å²) in [5.74, 6) is -0.226. The van der Waals surface area contributed by atoms with Gasteiger partial charge < -0.3 is 5.73 Å². The zero-order valence-electron chi connectivity index (χ0n) is 13.0. The van der Waals surface area contributed by atoms with Crippen LogP contribution in [0.2, 0.25) is 0 Å². The van der Waals surface area contributed by atoms with Crippen molar-refractivity contribution in [1.82, 2.24) is 4.72 Å². The monoisotopic (exact) mass is 332 g/mol. The predicted molar refractivity (Wildman–Crippen MR) is 89.4 cm³/mol. The number of benzene rings is 2. The minimum absolute atomic E-state index is 0.226. The second kappa shape index (κ2) is 5.62. The molecule has 1 amide bonds. The van der Waals surface area contributed by atoms with E-state index >= 15 is 0 Å². The first-order valence-corrected chi connectivity index (χ1v) is 9.11. The molecule has 0 unspecified atom stereocenters. The number of nitrogens with one attached hydrogen (secondary N) is 1. The molecule has 0 saturated heterocycles. The van der Waals surface area contributed by atoms with Gasteiger partial charge in [-0.3, -0.25) is 4.79 Å². The van der Waals surface area contributed by atoms with Gasteiger partial charge in [0.2, 0.25) is 15.9 Å². The van der Waals surface area contributed by atoms with Crippen LogP contribution in [0.1, 0.15) is 24.8 Å². The van der Waals surface area contributed by atoms with Gasteiger partial charge >= 0.3 is 0 Å². The van der Waals surface area contributed by atoms with Crippen LogP contribution in [0.4, 0.5) is 0 Å². The molecular weight excluding hydrogens is 312 g/mol. The summed E-state index contributed by atoms with van der Waals surface area (Å²) in [7, 11) is -2.08. The van der Waals surface area contributed by atoms with E-state index in [0.717, 1.165) is 29.2 Å². The Morgan fingerprint density at radius 1 is 1.26 bits per heavy atom. The lowest BCUT2D eigenvalue weighted by Crippen LogP contribution is -2.25. The minimum Gasteiger partial charge on any atom is -0.369 e. The molecule has 1 saturated carbocycles. The Bertz CT molecular complexity index is 871. The van der Waals surface area contributed by atoms with Crippen LogP contribution in [0, 0.1) is 5.41 Å². The first-order valence-electron chi connectivity index (χ1n) is 7.63. The average Bonchev–Trinajstić information content (AvgIpc) is 3.33. The molecule has 1 aliphatic carbocycles. The van der Waals surface area contributed by atoms with Gasteiger partial charge in [0.1, 0.15) is 0 Å². The van der Waals surface area contributed by atoms with Crippen LogP contribution >= 0.6 is 0 Å². The van der Waals surface area contributed by atoms with Gasteiger partial charge in [-0.1, -0.05) is 24.3 Å². The molecule has 2 aromatic rings. The Morgan fingerprint density at radius 2 is 2.00 bits per heavy atom. The van der Waals surface area contributed by atoms with Crippen molar-refractivity contribution >= 4 is 26.7 Å². The van der Waals surface area contributed by atoms with Crippen LogP contribution in [0.5, 0.6) is 0 Å². The van der Waals surface area contributed by atoms with Crippen LogP contribution in [-0.4, -0.2) is 21.4 Å². The molecular formula is C17H20N2O3S. The van der Waals surface area contributed by atoms with Gasteiger partial charge in [-0.25, -0.2) is 13.1 Å². The fraction of sp³-hybridized carbons (Fsp3) is 0.353. The Morgan fingerprint density at radius 3 is 2.61 bits per heavy atom. The summed E-state index contributed by atoms with van der Waals surface area (Å²) in [6.07, 6.45) is 3.13. The van der Waals surface area contributed by atoms with Gasteiger partial charge in [0.05, 0.1) is 4.90 Å². The first-order chi connectivity index (χ1) is 10.9. The molecule has 0 bridgehead atoms. The molecule has 0 atom stereocenters. The van der Waals surface area contributed by atoms with Crippen molar-refractivity contribution < 1.29 is 13.2 Å². The molecule has 1 fully saturated rings. The molecule has 0 aliphatic heterocycles. The zero-order valence-corrected chi connectivity index (χ0v) is 13.8. The van der Waals surface area contributed by atoms with Gasteiger partial charge in [0.15, 0.2) is 0 Å². The molecule has 23 heavy (non-hydrogen) atoms. The Kier molecular flexibility index (Phi) is 3.90. The Labute approximate surface area is 135 Å². The average molecular weight is 332 g/mol. The molecule has 2 aromatic carbocycles. The van der Waals surface area contributed by atoms with Crippen molar-refractivity contribution in [2.75, 3.05) is 7.05 Å². The maximum Gasteiger partial charge on any atom is 0.240 e. The molecule has 0 heterocycles. The molecule has 122 valence electrons. The van der Waals surface area contributed by atoms with E-state index in [9.17, 15) is 13.2 Å². The molecule has 0 aromatic heterocycles. The molecule has 1 aliphatic rings. The van der Waals surface area contributed by atoms with E-state index in [1.165, 1.54) is 7.05 Å². The van der Waals surface area contributed by atoms with Crippen LogP contribution in [0.3, 0.4) is 0 Å². The number of carbonyl (C=O) groups is 1. The molecule has 0 radical (unpaired) electrons. The number of primary amides is 1. The van der Waals surface area contributed by atoms with Gasteiger partial charge in [0, 0.05) is 5.41 Å². The van der Waals surface area contributed by atoms with Gasteiger partial charge in [-0.05, 0) is 61.2 Å². The smallest absolute Gasteiger partial charge is 0.240 e. The summed E-state index contributed by atoms with van der Waals surface area (Å²) in [6.45, 7) is 0. The molecule has 0 spiro atoms. The normalized spacial score (nSPS) is 16.4. The lowest BCUT2D eigenvalue weighted by atomic mass is 9.93. The highest BCUT2D eigenvalue weighted by Crippen LogP contribution is 2.49. The summed E-state index contributed by atoms with van der Waals surface area (Å²) >= 11 is 0. The number of amides is 1. The number of aryl methyl sites for hydroxylation is 1. The molecule has 5 nitrogen and oxygen atoms in total. The van der Waals surface area contributed by atoms with E-state index in [1.807, 2.05) is 24.3 Å². The summed E-state index contributed by atoms with van der Waals surface area (Å²) in [4.78, 5) is 11.8. The highest BCUT2D eigenvalue weighted by molar-refractivity contribution is 7.89. The highest BCUT2D eigenvalue weighted by atomic mass is 32.2. The Hall–Kier alpha value is -1.92. The van der Waals surface area contributed by atoms with Crippen LogP contribution < -0.4 is 10.5 Å². The van der Waals surface area contributed by atoms with Crippen molar-refractivity contribution in [3.05, 3.63) is 42.0 Å². The second-order valence-electron chi connectivity index (χ2n) is 6.15. The van der Waals surface area contributed by atoms with E-state index in [4.69, 9.17) is 5.73 Å². The topological polar surface area (TPSA) is 89.3 Å². The fourth-order valence-corrected chi connectivity index (χ4v) is 3.72. The third-order valence-electron chi connectivity index (χ3n) is 4.77. The standard InChI is InChI=1S/C17H20N2O3S/c1-19-23(21,22)14-6-5-12-3-2-4-13(15(12)11-14)7-8-17(9-10-17)16(18)20/h2-6,11,19H,7-10H2,1H3,(H2,18,20). The number of hydrogen-bond donors (Lipinski definition) is 2. The molecule has 6 heteroatoms. The van der Waals surface area contributed by atoms with E-state index in [0.29, 0.717) is 12.8 Å². The maximum absolute atomic E-state index is 12.0. The first kappa shape index (κ1) is 16.0. The molecule has 3 rings (SSSR count). The highest BCUT2D eigenvalue weighted by Gasteiger charge is 2.47. The van der Waals surface area contributed by atoms with Crippen molar-refractivity contribution in [3.63, 3.8) is 0 Å². The Balaban J connectivity index is 1.97. The summed E-state index contributed by atoms with van der Waals surface area (Å²) in [6, 6.07) is 11.0. The van der Waals surface area contributed by atoms with Gasteiger partial charge in [-0.15, -0.1) is 0 Å². The van der Waals surface area contributed by atoms with Crippen LogP contribution in [-0.2, 0) is 21.2 Å².